The van der Waals surface area contributed by atoms with E-state index in [1.807, 2.05) is 18.2 Å². The largest absolute Gasteiger partial charge is 0.443 e. The van der Waals surface area contributed by atoms with Crippen LogP contribution in [0.2, 0.25) is 0 Å². The number of rotatable bonds is 5. The molecule has 0 aliphatic heterocycles. The summed E-state index contributed by atoms with van der Waals surface area (Å²) in [6.07, 6.45) is 2.68. The highest BCUT2D eigenvalue weighted by atomic mass is 16.3. The molecule has 0 aliphatic rings. The van der Waals surface area contributed by atoms with Crippen molar-refractivity contribution in [3.8, 4) is 0 Å². The fourth-order valence-electron chi connectivity index (χ4n) is 2.31. The smallest absolute Gasteiger partial charge is 0.220 e. The van der Waals surface area contributed by atoms with Gasteiger partial charge in [-0.2, -0.15) is 0 Å². The maximum Gasteiger partial charge on any atom is 0.220 e. The lowest BCUT2D eigenvalue weighted by atomic mass is 10.1. The average molecular weight is 294 g/mol. The van der Waals surface area contributed by atoms with Crippen molar-refractivity contribution in [2.45, 2.75) is 26.3 Å². The number of aryl methyl sites for hydroxylation is 2. The second kappa shape index (κ2) is 6.43. The zero-order valence-electron chi connectivity index (χ0n) is 12.5. The molecule has 0 saturated carbocycles. The summed E-state index contributed by atoms with van der Waals surface area (Å²) in [5, 5.41) is 2.94. The minimum Gasteiger partial charge on any atom is -0.443 e. The molecule has 1 heterocycles. The third kappa shape index (κ3) is 3.52. The molecule has 4 nitrogen and oxygen atoms in total. The van der Waals surface area contributed by atoms with Crippen molar-refractivity contribution in [3.05, 3.63) is 65.5 Å². The van der Waals surface area contributed by atoms with Gasteiger partial charge >= 0.3 is 0 Å². The second-order valence-electron chi connectivity index (χ2n) is 5.42. The van der Waals surface area contributed by atoms with Crippen molar-refractivity contribution in [2.75, 3.05) is 0 Å². The van der Waals surface area contributed by atoms with E-state index in [4.69, 9.17) is 4.42 Å². The molecule has 0 atom stereocenters. The first-order valence-corrected chi connectivity index (χ1v) is 7.35. The van der Waals surface area contributed by atoms with Gasteiger partial charge in [-0.3, -0.25) is 4.79 Å². The first-order valence-electron chi connectivity index (χ1n) is 7.35. The number of carbonyl (C=O) groups is 1. The average Bonchev–Trinajstić information content (AvgIpc) is 3.00. The van der Waals surface area contributed by atoms with Crippen LogP contribution in [0, 0.1) is 6.92 Å². The van der Waals surface area contributed by atoms with Gasteiger partial charge in [-0.15, -0.1) is 0 Å². The van der Waals surface area contributed by atoms with Gasteiger partial charge in [0.05, 0.1) is 0 Å². The van der Waals surface area contributed by atoms with Crippen LogP contribution in [-0.2, 0) is 17.8 Å². The number of hydrogen-bond acceptors (Lipinski definition) is 3. The summed E-state index contributed by atoms with van der Waals surface area (Å²) in [4.78, 5) is 16.0. The first-order chi connectivity index (χ1) is 10.7. The van der Waals surface area contributed by atoms with E-state index in [0.717, 1.165) is 23.1 Å². The summed E-state index contributed by atoms with van der Waals surface area (Å²) < 4.78 is 5.26. The van der Waals surface area contributed by atoms with Crippen LogP contribution in [0.4, 0.5) is 0 Å². The Hall–Kier alpha value is -2.62. The van der Waals surface area contributed by atoms with Crippen molar-refractivity contribution in [1.29, 1.82) is 0 Å². The summed E-state index contributed by atoms with van der Waals surface area (Å²) in [5.41, 5.74) is 4.99. The van der Waals surface area contributed by atoms with Gasteiger partial charge in [0, 0.05) is 13.0 Å². The van der Waals surface area contributed by atoms with Gasteiger partial charge in [-0.1, -0.05) is 35.9 Å². The number of hydrogen-bond donors (Lipinski definition) is 1. The van der Waals surface area contributed by atoms with Crippen molar-refractivity contribution in [2.24, 2.45) is 0 Å². The molecule has 0 aliphatic carbocycles. The molecule has 1 aromatic heterocycles. The number of nitrogens with one attached hydrogen (secondary N) is 1. The van der Waals surface area contributed by atoms with E-state index in [0.29, 0.717) is 13.0 Å². The molecule has 3 rings (SSSR count). The van der Waals surface area contributed by atoms with E-state index in [1.54, 1.807) is 0 Å². The van der Waals surface area contributed by atoms with Crippen LogP contribution in [-0.4, -0.2) is 10.9 Å². The van der Waals surface area contributed by atoms with Gasteiger partial charge in [0.25, 0.3) is 0 Å². The number of benzene rings is 2. The number of aromatic nitrogens is 1. The van der Waals surface area contributed by atoms with E-state index in [2.05, 4.69) is 41.5 Å². The SMILES string of the molecule is Cc1ccc(CCC(=O)NCc2ccc3ncoc3c2)cc1. The van der Waals surface area contributed by atoms with Crippen LogP contribution in [0.25, 0.3) is 11.1 Å². The van der Waals surface area contributed by atoms with Gasteiger partial charge in [0.2, 0.25) is 5.91 Å². The Kier molecular flexibility index (Phi) is 4.19. The quantitative estimate of drug-likeness (QED) is 0.784. The zero-order valence-corrected chi connectivity index (χ0v) is 12.5. The molecule has 0 unspecified atom stereocenters. The van der Waals surface area contributed by atoms with Crippen LogP contribution < -0.4 is 5.32 Å². The van der Waals surface area contributed by atoms with Crippen LogP contribution >= 0.6 is 0 Å². The van der Waals surface area contributed by atoms with Gasteiger partial charge in [0.1, 0.15) is 5.52 Å². The Labute approximate surface area is 129 Å². The van der Waals surface area contributed by atoms with E-state index >= 15 is 0 Å². The monoisotopic (exact) mass is 294 g/mol. The molecule has 1 N–H and O–H groups in total. The zero-order chi connectivity index (χ0) is 15.4. The lowest BCUT2D eigenvalue weighted by molar-refractivity contribution is -0.121. The van der Waals surface area contributed by atoms with Gasteiger partial charge < -0.3 is 9.73 Å². The number of fused-ring (bicyclic) bond motifs is 1. The fourth-order valence-corrected chi connectivity index (χ4v) is 2.31. The van der Waals surface area contributed by atoms with Crippen molar-refractivity contribution in [3.63, 3.8) is 0 Å². The summed E-state index contributed by atoms with van der Waals surface area (Å²) in [6.45, 7) is 2.56. The summed E-state index contributed by atoms with van der Waals surface area (Å²) >= 11 is 0. The molecule has 0 spiro atoms. The van der Waals surface area contributed by atoms with Gasteiger partial charge in [0.15, 0.2) is 12.0 Å². The van der Waals surface area contributed by atoms with Gasteiger partial charge in [-0.05, 0) is 36.6 Å². The molecule has 3 aromatic rings. The molecule has 0 radical (unpaired) electrons. The molecule has 0 fully saturated rings. The van der Waals surface area contributed by atoms with Crippen molar-refractivity contribution < 1.29 is 9.21 Å². The minimum atomic E-state index is 0.0539. The molecule has 0 bridgehead atoms. The van der Waals surface area contributed by atoms with E-state index in [1.165, 1.54) is 17.5 Å². The Balaban J connectivity index is 1.50. The second-order valence-corrected chi connectivity index (χ2v) is 5.42. The lowest BCUT2D eigenvalue weighted by Gasteiger charge is -2.06. The molecular weight excluding hydrogens is 276 g/mol. The van der Waals surface area contributed by atoms with Gasteiger partial charge in [-0.25, -0.2) is 4.98 Å². The van der Waals surface area contributed by atoms with E-state index in [9.17, 15) is 4.79 Å². The van der Waals surface area contributed by atoms with E-state index < -0.39 is 0 Å². The third-order valence-electron chi connectivity index (χ3n) is 3.65. The molecule has 22 heavy (non-hydrogen) atoms. The normalized spacial score (nSPS) is 10.8. The van der Waals surface area contributed by atoms with Crippen LogP contribution in [0.15, 0.2) is 53.3 Å². The molecule has 0 saturated heterocycles. The molecule has 4 heteroatoms. The number of oxazole rings is 1. The number of carbonyl (C=O) groups excluding carboxylic acids is 1. The summed E-state index contributed by atoms with van der Waals surface area (Å²) in [6, 6.07) is 14.0. The minimum absolute atomic E-state index is 0.0539. The standard InChI is InChI=1S/C18H18N2O2/c1-13-2-4-14(5-3-13)7-9-18(21)19-11-15-6-8-16-17(10-15)22-12-20-16/h2-6,8,10,12H,7,9,11H2,1H3,(H,19,21). The van der Waals surface area contributed by atoms with Crippen LogP contribution in [0.1, 0.15) is 23.1 Å². The van der Waals surface area contributed by atoms with Crippen LogP contribution in [0.3, 0.4) is 0 Å². The van der Waals surface area contributed by atoms with Crippen molar-refractivity contribution >= 4 is 17.0 Å². The highest BCUT2D eigenvalue weighted by molar-refractivity contribution is 5.76. The molecule has 1 amide bonds. The number of amides is 1. The first kappa shape index (κ1) is 14.3. The maximum absolute atomic E-state index is 11.9. The Bertz CT molecular complexity index is 775. The third-order valence-corrected chi connectivity index (χ3v) is 3.65. The highest BCUT2D eigenvalue weighted by Crippen LogP contribution is 2.14. The summed E-state index contributed by atoms with van der Waals surface area (Å²) in [5.74, 6) is 0.0539. The predicted molar refractivity (Wildman–Crippen MR) is 85.4 cm³/mol. The highest BCUT2D eigenvalue weighted by Gasteiger charge is 2.04. The maximum atomic E-state index is 11.9. The lowest BCUT2D eigenvalue weighted by Crippen LogP contribution is -2.22. The fraction of sp³-hybridized carbons (Fsp3) is 0.222. The Morgan fingerprint density at radius 1 is 1.14 bits per heavy atom. The van der Waals surface area contributed by atoms with E-state index in [-0.39, 0.29) is 5.91 Å². The molecular formula is C18H18N2O2. The van der Waals surface area contributed by atoms with Crippen molar-refractivity contribution in [1.82, 2.24) is 10.3 Å². The Morgan fingerprint density at radius 3 is 2.73 bits per heavy atom. The molecule has 2 aromatic carbocycles. The molecule has 112 valence electrons. The summed E-state index contributed by atoms with van der Waals surface area (Å²) in [7, 11) is 0. The topological polar surface area (TPSA) is 55.1 Å². The Morgan fingerprint density at radius 2 is 1.91 bits per heavy atom. The number of nitrogens with zero attached hydrogens (tertiary/aromatic N) is 1. The van der Waals surface area contributed by atoms with Crippen LogP contribution in [0.5, 0.6) is 0 Å². The predicted octanol–water partition coefficient (Wildman–Crippen LogP) is 3.39.